The van der Waals surface area contributed by atoms with Crippen LogP contribution in [0.5, 0.6) is 0 Å². The minimum atomic E-state index is 0.243. The number of rotatable bonds is 5. The van der Waals surface area contributed by atoms with Gasteiger partial charge in [0.1, 0.15) is 12.0 Å². The lowest BCUT2D eigenvalue weighted by atomic mass is 9.73. The van der Waals surface area contributed by atoms with Crippen LogP contribution in [-0.2, 0) is 22.4 Å². The number of hydrogen-bond acceptors (Lipinski definition) is 4. The van der Waals surface area contributed by atoms with Crippen molar-refractivity contribution in [2.75, 3.05) is 25.6 Å². The van der Waals surface area contributed by atoms with Gasteiger partial charge in [0.05, 0.1) is 11.8 Å². The highest BCUT2D eigenvalue weighted by Crippen LogP contribution is 2.40. The molecular weight excluding hydrogens is 400 g/mol. The highest BCUT2D eigenvalue weighted by atomic mass is 16.5. The van der Waals surface area contributed by atoms with E-state index in [4.69, 9.17) is 4.74 Å². The van der Waals surface area contributed by atoms with Gasteiger partial charge < -0.3 is 19.4 Å². The first-order valence-electron chi connectivity index (χ1n) is 11.8. The van der Waals surface area contributed by atoms with E-state index in [0.29, 0.717) is 11.8 Å². The Morgan fingerprint density at radius 1 is 1.31 bits per heavy atom. The summed E-state index contributed by atoms with van der Waals surface area (Å²) in [6.45, 7) is 5.53. The van der Waals surface area contributed by atoms with Gasteiger partial charge >= 0.3 is 0 Å². The number of anilines is 1. The van der Waals surface area contributed by atoms with Crippen molar-refractivity contribution in [2.24, 2.45) is 5.41 Å². The van der Waals surface area contributed by atoms with Crippen molar-refractivity contribution in [3.8, 4) is 11.4 Å². The maximum absolute atomic E-state index is 9.88. The summed E-state index contributed by atoms with van der Waals surface area (Å²) in [5.41, 5.74) is 7.75. The molecule has 1 aliphatic carbocycles. The van der Waals surface area contributed by atoms with Crippen LogP contribution in [0.15, 0.2) is 24.3 Å². The molecule has 3 heterocycles. The second-order valence-corrected chi connectivity index (χ2v) is 9.76. The minimum Gasteiger partial charge on any atom is -0.378 e. The van der Waals surface area contributed by atoms with Gasteiger partial charge in [-0.2, -0.15) is 5.10 Å². The summed E-state index contributed by atoms with van der Waals surface area (Å²) in [5, 5.41) is 9.20. The van der Waals surface area contributed by atoms with Crippen molar-refractivity contribution < 1.29 is 9.53 Å². The van der Waals surface area contributed by atoms with E-state index in [1.807, 2.05) is 0 Å². The first kappa shape index (κ1) is 22.6. The lowest BCUT2D eigenvalue weighted by Gasteiger charge is -2.32. The molecule has 1 aliphatic heterocycles. The Morgan fingerprint density at radius 3 is 2.84 bits per heavy atom. The fourth-order valence-electron chi connectivity index (χ4n) is 4.74. The van der Waals surface area contributed by atoms with Crippen molar-refractivity contribution in [3.05, 3.63) is 35.5 Å². The molecule has 6 nitrogen and oxygen atoms in total. The molecule has 3 aromatic rings. The molecule has 2 aromatic heterocycles. The second kappa shape index (κ2) is 9.49. The second-order valence-electron chi connectivity index (χ2n) is 9.76. The van der Waals surface area contributed by atoms with Crippen LogP contribution < -0.4 is 4.90 Å². The third kappa shape index (κ3) is 4.75. The maximum atomic E-state index is 9.88. The number of carbonyl (C=O) groups is 1. The molecule has 6 heteroatoms. The Hall–Kier alpha value is -2.60. The summed E-state index contributed by atoms with van der Waals surface area (Å²) in [6.07, 6.45) is 8.63. The molecule has 2 N–H and O–H groups in total. The summed E-state index contributed by atoms with van der Waals surface area (Å²) in [5.74, 6) is 0. The van der Waals surface area contributed by atoms with Crippen LogP contribution in [0.3, 0.4) is 0 Å². The van der Waals surface area contributed by atoms with Gasteiger partial charge in [0.25, 0.3) is 0 Å². The zero-order valence-corrected chi connectivity index (χ0v) is 19.8. The molecule has 0 radical (unpaired) electrons. The first-order chi connectivity index (χ1) is 15.4. The smallest absolute Gasteiger partial charge is 0.122 e. The van der Waals surface area contributed by atoms with Gasteiger partial charge in [-0.25, -0.2) is 0 Å². The lowest BCUT2D eigenvalue weighted by Crippen LogP contribution is -2.24. The average Bonchev–Trinajstić information content (AvgIpc) is 3.52. The molecule has 0 spiro atoms. The molecule has 2 unspecified atom stereocenters. The van der Waals surface area contributed by atoms with Crippen LogP contribution in [0.1, 0.15) is 57.2 Å². The van der Waals surface area contributed by atoms with Crippen molar-refractivity contribution in [2.45, 2.75) is 64.9 Å². The van der Waals surface area contributed by atoms with E-state index < -0.39 is 0 Å². The van der Waals surface area contributed by atoms with Crippen molar-refractivity contribution >= 4 is 22.9 Å². The van der Waals surface area contributed by atoms with Crippen LogP contribution in [-0.4, -0.2) is 48.3 Å². The molecule has 1 aromatic carbocycles. The molecule has 0 saturated carbocycles. The number of ether oxygens (including phenoxy) is 1. The molecule has 32 heavy (non-hydrogen) atoms. The molecule has 172 valence electrons. The quantitative estimate of drug-likeness (QED) is 0.534. The Balaban J connectivity index is 0.000000260. The summed E-state index contributed by atoms with van der Waals surface area (Å²) >= 11 is 0. The van der Waals surface area contributed by atoms with Crippen molar-refractivity contribution in [1.82, 2.24) is 15.2 Å². The highest BCUT2D eigenvalue weighted by molar-refractivity contribution is 5.88. The molecule has 2 aliphatic rings. The molecule has 2 atom stereocenters. The van der Waals surface area contributed by atoms with Crippen LogP contribution in [0, 0.1) is 5.41 Å². The van der Waals surface area contributed by atoms with Crippen LogP contribution in [0.2, 0.25) is 0 Å². The van der Waals surface area contributed by atoms with E-state index in [2.05, 4.69) is 72.3 Å². The molecule has 5 rings (SSSR count). The molecule has 1 fully saturated rings. The first-order valence-corrected chi connectivity index (χ1v) is 11.8. The summed E-state index contributed by atoms with van der Waals surface area (Å²) in [6, 6.07) is 8.76. The number of benzene rings is 1. The van der Waals surface area contributed by atoms with Gasteiger partial charge in [0.15, 0.2) is 0 Å². The largest absolute Gasteiger partial charge is 0.378 e. The SMILES string of the molecule is CCC1(C)CCc2c(-c3cc4ccc(N(C)C)cc4[nH]3)n[nH]c2C1.O=CCC1CCCO1. The minimum absolute atomic E-state index is 0.243. The van der Waals surface area contributed by atoms with E-state index in [1.54, 1.807) is 0 Å². The number of aldehydes is 1. The Morgan fingerprint density at radius 2 is 2.16 bits per heavy atom. The molecule has 0 amide bonds. The number of aromatic amines is 2. The van der Waals surface area contributed by atoms with E-state index in [0.717, 1.165) is 50.0 Å². The van der Waals surface area contributed by atoms with E-state index in [1.165, 1.54) is 40.7 Å². The van der Waals surface area contributed by atoms with Crippen molar-refractivity contribution in [3.63, 3.8) is 0 Å². The average molecular weight is 437 g/mol. The van der Waals surface area contributed by atoms with Crippen LogP contribution in [0.4, 0.5) is 5.69 Å². The maximum Gasteiger partial charge on any atom is 0.122 e. The van der Waals surface area contributed by atoms with Gasteiger partial charge in [-0.15, -0.1) is 0 Å². The number of aromatic nitrogens is 3. The number of fused-ring (bicyclic) bond motifs is 2. The van der Waals surface area contributed by atoms with Crippen molar-refractivity contribution in [1.29, 1.82) is 0 Å². The lowest BCUT2D eigenvalue weighted by molar-refractivity contribution is -0.109. The summed E-state index contributed by atoms with van der Waals surface area (Å²) in [7, 11) is 4.14. The standard InChI is InChI=1S/C20H26N4.C6H10O2/c1-5-20(2)9-8-15-18(12-20)22-23-19(15)17-10-13-6-7-14(24(3)4)11-16(13)21-17;7-4-3-6-2-1-5-8-6/h6-7,10-11,21H,5,8-9,12H2,1-4H3,(H,22,23);4,6H,1-3,5H2. The molecule has 1 saturated heterocycles. The number of hydrogen-bond donors (Lipinski definition) is 2. The summed E-state index contributed by atoms with van der Waals surface area (Å²) < 4.78 is 5.16. The third-order valence-electron chi connectivity index (χ3n) is 7.15. The fourth-order valence-corrected chi connectivity index (χ4v) is 4.74. The van der Waals surface area contributed by atoms with E-state index in [9.17, 15) is 4.79 Å². The zero-order chi connectivity index (χ0) is 22.7. The number of H-pyrrole nitrogens is 2. The predicted molar refractivity (Wildman–Crippen MR) is 130 cm³/mol. The van der Waals surface area contributed by atoms with E-state index in [-0.39, 0.29) is 6.10 Å². The van der Waals surface area contributed by atoms with Gasteiger partial charge in [0, 0.05) is 55.0 Å². The van der Waals surface area contributed by atoms with Gasteiger partial charge in [-0.3, -0.25) is 5.10 Å². The van der Waals surface area contributed by atoms with E-state index >= 15 is 0 Å². The van der Waals surface area contributed by atoms with Gasteiger partial charge in [0.2, 0.25) is 0 Å². The zero-order valence-electron chi connectivity index (χ0n) is 19.8. The third-order valence-corrected chi connectivity index (χ3v) is 7.15. The van der Waals surface area contributed by atoms with Crippen LogP contribution >= 0.6 is 0 Å². The summed E-state index contributed by atoms with van der Waals surface area (Å²) in [4.78, 5) is 15.6. The molecular formula is C26H36N4O2. The Labute approximate surface area is 190 Å². The number of nitrogens with one attached hydrogen (secondary N) is 2. The monoisotopic (exact) mass is 436 g/mol. The topological polar surface area (TPSA) is 74.0 Å². The highest BCUT2D eigenvalue weighted by Gasteiger charge is 2.31. The fraction of sp³-hybridized carbons (Fsp3) is 0.538. The molecule has 0 bridgehead atoms. The Bertz CT molecular complexity index is 1060. The van der Waals surface area contributed by atoms with Gasteiger partial charge in [-0.1, -0.05) is 26.3 Å². The Kier molecular flexibility index (Phi) is 6.70. The number of carbonyl (C=O) groups excluding carboxylic acids is 1. The van der Waals surface area contributed by atoms with Gasteiger partial charge in [-0.05, 0) is 55.7 Å². The van der Waals surface area contributed by atoms with Crippen LogP contribution in [0.25, 0.3) is 22.3 Å². The predicted octanol–water partition coefficient (Wildman–Crippen LogP) is 5.28. The number of nitrogens with zero attached hydrogens (tertiary/aromatic N) is 2. The normalized spacial score (nSPS) is 22.3.